The van der Waals surface area contributed by atoms with Crippen molar-refractivity contribution in [3.05, 3.63) is 35.2 Å². The average Bonchev–Trinajstić information content (AvgIpc) is 2.94. The van der Waals surface area contributed by atoms with Gasteiger partial charge in [-0.05, 0) is 17.2 Å². The smallest absolute Gasteiger partial charge is 0.163 e. The second kappa shape index (κ2) is 4.23. The maximum atomic E-state index is 5.41. The average molecular weight is 294 g/mol. The third-order valence-electron chi connectivity index (χ3n) is 3.06. The fourth-order valence-electron chi connectivity index (χ4n) is 2.04. The molecule has 5 heteroatoms. The van der Waals surface area contributed by atoms with Crippen LogP contribution in [0, 0.1) is 0 Å². The molecule has 0 aliphatic carbocycles. The summed E-state index contributed by atoms with van der Waals surface area (Å²) in [5.41, 5.74) is 3.62. The van der Waals surface area contributed by atoms with Crippen molar-refractivity contribution in [1.82, 2.24) is 14.8 Å². The van der Waals surface area contributed by atoms with E-state index in [4.69, 9.17) is 4.74 Å². The van der Waals surface area contributed by atoms with E-state index in [-0.39, 0.29) is 0 Å². The summed E-state index contributed by atoms with van der Waals surface area (Å²) < 4.78 is 7.42. The Morgan fingerprint density at radius 1 is 1.29 bits per heavy atom. The van der Waals surface area contributed by atoms with Crippen molar-refractivity contribution in [3.63, 3.8) is 0 Å². The summed E-state index contributed by atoms with van der Waals surface area (Å²) in [6.45, 7) is 1.42. The SMILES string of the molecule is Cn1c(CBr)nnc1-c1ccc2c(c1)COC2. The molecule has 0 atom stereocenters. The second-order valence-electron chi connectivity index (χ2n) is 4.11. The number of rotatable bonds is 2. The Balaban J connectivity index is 2.06. The number of nitrogens with zero attached hydrogens (tertiary/aromatic N) is 3. The number of aromatic nitrogens is 3. The van der Waals surface area contributed by atoms with Crippen molar-refractivity contribution < 1.29 is 4.74 Å². The van der Waals surface area contributed by atoms with E-state index in [1.165, 1.54) is 11.1 Å². The minimum Gasteiger partial charge on any atom is -0.372 e. The molecule has 1 aliphatic rings. The predicted molar refractivity (Wildman–Crippen MR) is 67.6 cm³/mol. The molecule has 88 valence electrons. The Morgan fingerprint density at radius 3 is 2.88 bits per heavy atom. The lowest BCUT2D eigenvalue weighted by Gasteiger charge is -2.04. The fraction of sp³-hybridized carbons (Fsp3) is 0.333. The van der Waals surface area contributed by atoms with Crippen LogP contribution in [0.1, 0.15) is 17.0 Å². The first kappa shape index (κ1) is 10.9. The van der Waals surface area contributed by atoms with Crippen molar-refractivity contribution in [1.29, 1.82) is 0 Å². The zero-order valence-corrected chi connectivity index (χ0v) is 11.1. The molecule has 1 aromatic heterocycles. The van der Waals surface area contributed by atoms with Gasteiger partial charge in [-0.1, -0.05) is 28.1 Å². The summed E-state index contributed by atoms with van der Waals surface area (Å²) in [5, 5.41) is 9.08. The van der Waals surface area contributed by atoms with Gasteiger partial charge in [-0.2, -0.15) is 0 Å². The van der Waals surface area contributed by atoms with Gasteiger partial charge in [-0.25, -0.2) is 0 Å². The van der Waals surface area contributed by atoms with E-state index in [9.17, 15) is 0 Å². The zero-order valence-electron chi connectivity index (χ0n) is 9.48. The molecule has 2 aromatic rings. The molecule has 1 aromatic carbocycles. The lowest BCUT2D eigenvalue weighted by molar-refractivity contribution is 0.134. The van der Waals surface area contributed by atoms with Crippen LogP contribution < -0.4 is 0 Å². The number of fused-ring (bicyclic) bond motifs is 1. The summed E-state index contributed by atoms with van der Waals surface area (Å²) in [5.74, 6) is 1.82. The van der Waals surface area contributed by atoms with E-state index in [0.29, 0.717) is 11.9 Å². The maximum Gasteiger partial charge on any atom is 0.163 e. The van der Waals surface area contributed by atoms with Crippen LogP contribution in [0.3, 0.4) is 0 Å². The van der Waals surface area contributed by atoms with Crippen LogP contribution in [0.2, 0.25) is 0 Å². The van der Waals surface area contributed by atoms with Gasteiger partial charge >= 0.3 is 0 Å². The third-order valence-corrected chi connectivity index (χ3v) is 3.57. The molecular formula is C12H12BrN3O. The number of hydrogen-bond donors (Lipinski definition) is 0. The van der Waals surface area contributed by atoms with Gasteiger partial charge in [0.25, 0.3) is 0 Å². The standard InChI is InChI=1S/C12H12BrN3O/c1-16-11(5-13)14-15-12(16)8-2-3-9-6-17-7-10(9)4-8/h2-4H,5-7H2,1H3. The van der Waals surface area contributed by atoms with E-state index in [1.54, 1.807) is 0 Å². The topological polar surface area (TPSA) is 39.9 Å². The summed E-state index contributed by atoms with van der Waals surface area (Å²) in [7, 11) is 1.98. The van der Waals surface area contributed by atoms with Gasteiger partial charge in [-0.3, -0.25) is 0 Å². The van der Waals surface area contributed by atoms with E-state index in [0.717, 1.165) is 23.8 Å². The van der Waals surface area contributed by atoms with Crippen LogP contribution in [0.5, 0.6) is 0 Å². The number of ether oxygens (including phenoxy) is 1. The van der Waals surface area contributed by atoms with Crippen molar-refractivity contribution in [3.8, 4) is 11.4 Å². The van der Waals surface area contributed by atoms with Crippen molar-refractivity contribution in [2.24, 2.45) is 7.05 Å². The normalized spacial score (nSPS) is 14.0. The zero-order chi connectivity index (χ0) is 11.8. The van der Waals surface area contributed by atoms with Crippen molar-refractivity contribution in [2.45, 2.75) is 18.5 Å². The first-order valence-corrected chi connectivity index (χ1v) is 6.56. The monoisotopic (exact) mass is 293 g/mol. The molecule has 0 saturated heterocycles. The summed E-state index contributed by atoms with van der Waals surface area (Å²) in [6.07, 6.45) is 0. The molecule has 0 fully saturated rings. The van der Waals surface area contributed by atoms with E-state index in [1.807, 2.05) is 11.6 Å². The maximum absolute atomic E-state index is 5.41. The number of alkyl halides is 1. The minimum absolute atomic E-state index is 0.701. The molecule has 2 heterocycles. The molecule has 0 bridgehead atoms. The Morgan fingerprint density at radius 2 is 2.12 bits per heavy atom. The second-order valence-corrected chi connectivity index (χ2v) is 4.67. The number of hydrogen-bond acceptors (Lipinski definition) is 3. The molecule has 0 spiro atoms. The fourth-order valence-corrected chi connectivity index (χ4v) is 2.53. The lowest BCUT2D eigenvalue weighted by atomic mass is 10.1. The van der Waals surface area contributed by atoms with Crippen LogP contribution in [0.15, 0.2) is 18.2 Å². The van der Waals surface area contributed by atoms with Crippen molar-refractivity contribution in [2.75, 3.05) is 0 Å². The summed E-state index contributed by atoms with van der Waals surface area (Å²) >= 11 is 3.40. The Hall–Kier alpha value is -1.20. The van der Waals surface area contributed by atoms with Gasteiger partial charge in [0.1, 0.15) is 5.82 Å². The molecule has 1 aliphatic heterocycles. The summed E-state index contributed by atoms with van der Waals surface area (Å²) in [4.78, 5) is 0. The Labute approximate surface area is 108 Å². The van der Waals surface area contributed by atoms with E-state index < -0.39 is 0 Å². The molecule has 3 rings (SSSR count). The molecule has 17 heavy (non-hydrogen) atoms. The Kier molecular flexibility index (Phi) is 2.72. The highest BCUT2D eigenvalue weighted by molar-refractivity contribution is 9.08. The first-order chi connectivity index (χ1) is 8.29. The highest BCUT2D eigenvalue weighted by Crippen LogP contribution is 2.26. The molecule has 0 saturated carbocycles. The van der Waals surface area contributed by atoms with Crippen molar-refractivity contribution >= 4 is 15.9 Å². The van der Waals surface area contributed by atoms with Gasteiger partial charge in [-0.15, -0.1) is 10.2 Å². The predicted octanol–water partition coefficient (Wildman–Crippen LogP) is 2.41. The van der Waals surface area contributed by atoms with E-state index >= 15 is 0 Å². The molecule has 0 amide bonds. The lowest BCUT2D eigenvalue weighted by Crippen LogP contribution is -1.97. The van der Waals surface area contributed by atoms with Gasteiger partial charge in [0.15, 0.2) is 5.82 Å². The van der Waals surface area contributed by atoms with Gasteiger partial charge in [0, 0.05) is 12.6 Å². The van der Waals surface area contributed by atoms with Crippen LogP contribution in [-0.4, -0.2) is 14.8 Å². The van der Waals surface area contributed by atoms with Gasteiger partial charge < -0.3 is 9.30 Å². The molecule has 0 N–H and O–H groups in total. The molecule has 0 radical (unpaired) electrons. The molecule has 0 unspecified atom stereocenters. The quantitative estimate of drug-likeness (QED) is 0.799. The highest BCUT2D eigenvalue weighted by atomic mass is 79.9. The number of halogens is 1. The minimum atomic E-state index is 0.701. The summed E-state index contributed by atoms with van der Waals surface area (Å²) in [6, 6.07) is 6.33. The third kappa shape index (κ3) is 1.79. The molecule has 4 nitrogen and oxygen atoms in total. The largest absolute Gasteiger partial charge is 0.372 e. The first-order valence-electron chi connectivity index (χ1n) is 5.43. The van der Waals surface area contributed by atoms with Gasteiger partial charge in [0.2, 0.25) is 0 Å². The number of benzene rings is 1. The van der Waals surface area contributed by atoms with E-state index in [2.05, 4.69) is 44.3 Å². The highest BCUT2D eigenvalue weighted by Gasteiger charge is 2.15. The Bertz CT molecular complexity index is 565. The van der Waals surface area contributed by atoms with Crippen LogP contribution in [-0.2, 0) is 30.3 Å². The van der Waals surface area contributed by atoms with Crippen LogP contribution >= 0.6 is 15.9 Å². The van der Waals surface area contributed by atoms with Crippen LogP contribution in [0.4, 0.5) is 0 Å². The van der Waals surface area contributed by atoms with Gasteiger partial charge in [0.05, 0.1) is 18.5 Å². The molecular weight excluding hydrogens is 282 g/mol. The van der Waals surface area contributed by atoms with Crippen LogP contribution in [0.25, 0.3) is 11.4 Å².